The van der Waals surface area contributed by atoms with Gasteiger partial charge >= 0.3 is 0 Å². The number of primary amides is 1. The first-order valence-electron chi connectivity index (χ1n) is 13.3. The van der Waals surface area contributed by atoms with Crippen LogP contribution in [-0.2, 0) is 32.1 Å². The maximum Gasteiger partial charge on any atom is 0.235 e. The van der Waals surface area contributed by atoms with Crippen LogP contribution in [0.3, 0.4) is 0 Å². The summed E-state index contributed by atoms with van der Waals surface area (Å²) in [5, 5.41) is 25.5. The third-order valence-corrected chi connectivity index (χ3v) is 8.55. The number of aromatic hydroxyl groups is 1. The smallest absolute Gasteiger partial charge is 0.235 e. The van der Waals surface area contributed by atoms with Crippen molar-refractivity contribution in [3.63, 3.8) is 0 Å². The van der Waals surface area contributed by atoms with E-state index in [9.17, 15) is 34.2 Å². The van der Waals surface area contributed by atoms with Crippen molar-refractivity contribution in [2.75, 3.05) is 7.11 Å². The van der Waals surface area contributed by atoms with Gasteiger partial charge in [-0.15, -0.1) is 0 Å². The standard InChI is InChI=1S/C30H32N2O8/c1-13(2)32-12-14-4-7-22(40-3)18(8-14)17-5-6-20(33)24-19(17)10-15-9-16-11-21(34)25(29(31)38)28(37)30(16,39)27(36)23(15)26(24)35/h4-8,13,15-16,23,25,32-33,39H,9-12H2,1-3H3,(H2,31,38)/t15-,16+,23?,25?,30+/m1/s1. The lowest BCUT2D eigenvalue weighted by atomic mass is 9.53. The molecule has 1 amide bonds. The number of hydrogen-bond donors (Lipinski definition) is 4. The van der Waals surface area contributed by atoms with E-state index in [0.29, 0.717) is 29.0 Å². The highest BCUT2D eigenvalue weighted by molar-refractivity contribution is 6.31. The summed E-state index contributed by atoms with van der Waals surface area (Å²) in [4.78, 5) is 65.1. The molecule has 0 radical (unpaired) electrons. The van der Waals surface area contributed by atoms with Crippen LogP contribution < -0.4 is 15.8 Å². The normalized spacial score (nSPS) is 27.7. The lowest BCUT2D eigenvalue weighted by Crippen LogP contribution is -2.68. The van der Waals surface area contributed by atoms with Gasteiger partial charge in [-0.1, -0.05) is 26.0 Å². The Morgan fingerprint density at radius 1 is 1.10 bits per heavy atom. The minimum Gasteiger partial charge on any atom is -0.507 e. The maximum absolute atomic E-state index is 13.9. The second-order valence-corrected chi connectivity index (χ2v) is 11.3. The van der Waals surface area contributed by atoms with Crippen molar-refractivity contribution in [3.8, 4) is 22.6 Å². The fourth-order valence-corrected chi connectivity index (χ4v) is 6.62. The first-order chi connectivity index (χ1) is 18.9. The first kappa shape index (κ1) is 27.7. The number of nitrogens with two attached hydrogens (primary N) is 1. The Hall–Kier alpha value is -3.89. The molecule has 0 spiro atoms. The number of Topliss-reactive ketones (excluding diaryl/α,β-unsaturated/α-hetero) is 4. The Bertz CT molecular complexity index is 1460. The molecule has 40 heavy (non-hydrogen) atoms. The largest absolute Gasteiger partial charge is 0.507 e. The van der Waals surface area contributed by atoms with Crippen molar-refractivity contribution in [2.45, 2.75) is 51.3 Å². The summed E-state index contributed by atoms with van der Waals surface area (Å²) in [5.74, 6) is -9.80. The fraction of sp³-hybridized carbons (Fsp3) is 0.433. The predicted octanol–water partition coefficient (Wildman–Crippen LogP) is 1.50. The number of carbonyl (C=O) groups is 5. The molecular formula is C30H32N2O8. The molecule has 2 saturated carbocycles. The lowest BCUT2D eigenvalue weighted by Gasteiger charge is -2.48. The molecule has 5 rings (SSSR count). The molecule has 5 atom stereocenters. The Labute approximate surface area is 230 Å². The van der Waals surface area contributed by atoms with Gasteiger partial charge in [0.15, 0.2) is 34.7 Å². The molecule has 10 nitrogen and oxygen atoms in total. The van der Waals surface area contributed by atoms with Crippen LogP contribution in [0.4, 0.5) is 0 Å². The fourth-order valence-electron chi connectivity index (χ4n) is 6.62. The summed E-state index contributed by atoms with van der Waals surface area (Å²) in [5.41, 5.74) is 5.39. The van der Waals surface area contributed by atoms with Crippen LogP contribution in [0.1, 0.15) is 48.2 Å². The predicted molar refractivity (Wildman–Crippen MR) is 142 cm³/mol. The van der Waals surface area contributed by atoms with E-state index in [0.717, 1.165) is 5.56 Å². The van der Waals surface area contributed by atoms with Crippen molar-refractivity contribution in [2.24, 2.45) is 29.4 Å². The first-order valence-corrected chi connectivity index (χ1v) is 13.3. The van der Waals surface area contributed by atoms with E-state index in [-0.39, 0.29) is 36.6 Å². The van der Waals surface area contributed by atoms with Gasteiger partial charge in [0, 0.05) is 30.5 Å². The van der Waals surface area contributed by atoms with Gasteiger partial charge in [0.05, 0.1) is 18.6 Å². The van der Waals surface area contributed by atoms with E-state index in [1.165, 1.54) is 13.2 Å². The summed E-state index contributed by atoms with van der Waals surface area (Å²) >= 11 is 0. The zero-order valence-corrected chi connectivity index (χ0v) is 22.5. The lowest BCUT2D eigenvalue weighted by molar-refractivity contribution is -0.175. The van der Waals surface area contributed by atoms with Crippen LogP contribution in [0.25, 0.3) is 11.1 Å². The number of benzene rings is 2. The van der Waals surface area contributed by atoms with Gasteiger partial charge in [0.2, 0.25) is 5.91 Å². The van der Waals surface area contributed by atoms with Crippen molar-refractivity contribution in [1.29, 1.82) is 0 Å². The monoisotopic (exact) mass is 548 g/mol. The number of rotatable bonds is 6. The summed E-state index contributed by atoms with van der Waals surface area (Å²) in [6, 6.07) is 9.06. The van der Waals surface area contributed by atoms with Gasteiger partial charge in [-0.25, -0.2) is 0 Å². The van der Waals surface area contributed by atoms with Crippen LogP contribution in [-0.4, -0.2) is 58.0 Å². The molecule has 0 aromatic heterocycles. The van der Waals surface area contributed by atoms with Gasteiger partial charge in [-0.2, -0.15) is 0 Å². The molecule has 3 aliphatic rings. The number of amides is 1. The molecule has 10 heteroatoms. The molecule has 2 unspecified atom stereocenters. The second-order valence-electron chi connectivity index (χ2n) is 11.3. The minimum atomic E-state index is -2.67. The number of nitrogens with one attached hydrogen (secondary N) is 1. The molecule has 5 N–H and O–H groups in total. The quantitative estimate of drug-likeness (QED) is 0.390. The molecule has 0 heterocycles. The number of carbonyl (C=O) groups excluding carboxylic acids is 5. The van der Waals surface area contributed by atoms with Crippen LogP contribution in [0.5, 0.6) is 11.5 Å². The van der Waals surface area contributed by atoms with Crippen LogP contribution in [0.2, 0.25) is 0 Å². The highest BCUT2D eigenvalue weighted by atomic mass is 16.5. The topological polar surface area (TPSA) is 173 Å². The number of fused-ring (bicyclic) bond motifs is 3. The minimum absolute atomic E-state index is 0.0334. The van der Waals surface area contributed by atoms with E-state index in [4.69, 9.17) is 10.5 Å². The number of aliphatic hydroxyl groups is 1. The molecule has 210 valence electrons. The molecule has 0 aliphatic heterocycles. The number of hydrogen-bond acceptors (Lipinski definition) is 9. The molecule has 0 saturated heterocycles. The Morgan fingerprint density at radius 3 is 2.48 bits per heavy atom. The Kier molecular flexibility index (Phi) is 6.87. The third kappa shape index (κ3) is 4.13. The number of methoxy groups -OCH3 is 1. The number of phenols is 1. The maximum atomic E-state index is 13.9. The highest BCUT2D eigenvalue weighted by Gasteiger charge is 2.66. The average Bonchev–Trinajstić information content (AvgIpc) is 2.89. The van der Waals surface area contributed by atoms with Gasteiger partial charge in [0.25, 0.3) is 0 Å². The van der Waals surface area contributed by atoms with Crippen molar-refractivity contribution in [3.05, 3.63) is 47.0 Å². The van der Waals surface area contributed by atoms with Gasteiger partial charge in [-0.3, -0.25) is 24.0 Å². The number of phenolic OH excluding ortho intramolecular Hbond substituents is 1. The molecular weight excluding hydrogens is 516 g/mol. The van der Waals surface area contributed by atoms with Crippen molar-refractivity contribution >= 4 is 29.0 Å². The number of ether oxygens (including phenoxy) is 1. The van der Waals surface area contributed by atoms with E-state index in [1.807, 2.05) is 32.0 Å². The van der Waals surface area contributed by atoms with Gasteiger partial charge in [0.1, 0.15) is 11.5 Å². The highest BCUT2D eigenvalue weighted by Crippen LogP contribution is 2.51. The van der Waals surface area contributed by atoms with Crippen LogP contribution in [0, 0.1) is 23.7 Å². The van der Waals surface area contributed by atoms with E-state index < -0.39 is 58.3 Å². The van der Waals surface area contributed by atoms with Gasteiger partial charge < -0.3 is 26.0 Å². The Balaban J connectivity index is 1.60. The van der Waals surface area contributed by atoms with Gasteiger partial charge in [-0.05, 0) is 53.6 Å². The van der Waals surface area contributed by atoms with E-state index in [1.54, 1.807) is 6.07 Å². The van der Waals surface area contributed by atoms with E-state index in [2.05, 4.69) is 5.32 Å². The third-order valence-electron chi connectivity index (χ3n) is 8.55. The molecule has 2 aromatic carbocycles. The zero-order chi connectivity index (χ0) is 29.1. The molecule has 0 bridgehead atoms. The second kappa shape index (κ2) is 9.94. The molecule has 2 fully saturated rings. The van der Waals surface area contributed by atoms with Crippen molar-refractivity contribution in [1.82, 2.24) is 5.32 Å². The summed E-state index contributed by atoms with van der Waals surface area (Å²) in [6.07, 6.45) is -0.157. The van der Waals surface area contributed by atoms with E-state index >= 15 is 0 Å². The molecule has 2 aromatic rings. The van der Waals surface area contributed by atoms with Crippen LogP contribution >= 0.6 is 0 Å². The average molecular weight is 549 g/mol. The zero-order valence-electron chi connectivity index (χ0n) is 22.5. The summed E-state index contributed by atoms with van der Waals surface area (Å²) < 4.78 is 5.62. The summed E-state index contributed by atoms with van der Waals surface area (Å²) in [6.45, 7) is 4.68. The van der Waals surface area contributed by atoms with Crippen molar-refractivity contribution < 1.29 is 38.9 Å². The Morgan fingerprint density at radius 2 is 1.82 bits per heavy atom. The number of ketones is 4. The summed E-state index contributed by atoms with van der Waals surface area (Å²) in [7, 11) is 1.54. The molecule has 3 aliphatic carbocycles. The van der Waals surface area contributed by atoms with Crippen LogP contribution in [0.15, 0.2) is 30.3 Å². The SMILES string of the molecule is COc1ccc(CNC(C)C)cc1-c1ccc(O)c2c1C[C@H]1C[C@H]3CC(=O)C(C(N)=O)C(=O)[C@@]3(O)C(=O)C1C2=O.